The molecule has 0 atom stereocenters. The zero-order valence-electron chi connectivity index (χ0n) is 10.9. The van der Waals surface area contributed by atoms with E-state index in [0.717, 1.165) is 12.1 Å². The van der Waals surface area contributed by atoms with Crippen molar-refractivity contribution in [1.82, 2.24) is 14.8 Å². The third-order valence-electron chi connectivity index (χ3n) is 2.71. The topological polar surface area (TPSA) is 30.7 Å². The van der Waals surface area contributed by atoms with Crippen molar-refractivity contribution >= 4 is 15.9 Å². The molecule has 1 aromatic heterocycles. The molecule has 1 heterocycles. The highest BCUT2D eigenvalue weighted by Gasteiger charge is 2.31. The van der Waals surface area contributed by atoms with Crippen LogP contribution >= 0.6 is 15.9 Å². The Labute approximate surface area is 123 Å². The fraction of sp³-hybridized carbons (Fsp3) is 0.385. The maximum absolute atomic E-state index is 12.8. The first kappa shape index (κ1) is 15.0. The van der Waals surface area contributed by atoms with Gasteiger partial charge in [-0.15, -0.1) is 10.2 Å². The molecule has 0 saturated heterocycles. The van der Waals surface area contributed by atoms with Crippen LogP contribution in [-0.4, -0.2) is 14.8 Å². The molecule has 0 fully saturated rings. The number of rotatable bonds is 3. The van der Waals surface area contributed by atoms with E-state index in [9.17, 15) is 13.2 Å². The number of halogens is 4. The van der Waals surface area contributed by atoms with E-state index in [1.807, 2.05) is 13.8 Å². The van der Waals surface area contributed by atoms with Crippen LogP contribution in [0.1, 0.15) is 19.4 Å². The smallest absolute Gasteiger partial charge is 0.313 e. The number of alkyl halides is 3. The maximum atomic E-state index is 12.8. The minimum absolute atomic E-state index is 0.342. The number of hydrogen-bond acceptors (Lipinski definition) is 2. The van der Waals surface area contributed by atoms with Crippen LogP contribution in [0.2, 0.25) is 0 Å². The Morgan fingerprint density at radius 3 is 2.60 bits per heavy atom. The van der Waals surface area contributed by atoms with E-state index >= 15 is 0 Å². The van der Waals surface area contributed by atoms with Crippen LogP contribution < -0.4 is 0 Å². The highest BCUT2D eigenvalue weighted by molar-refractivity contribution is 9.10. The van der Waals surface area contributed by atoms with Crippen molar-refractivity contribution in [2.75, 3.05) is 0 Å². The fourth-order valence-corrected chi connectivity index (χ4v) is 2.29. The Morgan fingerprint density at radius 1 is 1.30 bits per heavy atom. The summed E-state index contributed by atoms with van der Waals surface area (Å²) in [5, 5.41) is 7.73. The van der Waals surface area contributed by atoms with Crippen LogP contribution in [0, 0.1) is 5.92 Å². The van der Waals surface area contributed by atoms with Crippen molar-refractivity contribution in [2.24, 2.45) is 5.92 Å². The summed E-state index contributed by atoms with van der Waals surface area (Å²) in [4.78, 5) is 0. The molecule has 0 bridgehead atoms. The summed E-state index contributed by atoms with van der Waals surface area (Å²) in [5.41, 5.74) is -0.312. The molecule has 1 aromatic carbocycles. The fourth-order valence-electron chi connectivity index (χ4n) is 1.86. The van der Waals surface area contributed by atoms with Crippen LogP contribution in [0.3, 0.4) is 0 Å². The highest BCUT2D eigenvalue weighted by Crippen LogP contribution is 2.35. The van der Waals surface area contributed by atoms with Gasteiger partial charge in [-0.05, 0) is 24.1 Å². The molecular formula is C13H13BrF3N3. The first-order valence-corrected chi connectivity index (χ1v) is 6.83. The zero-order valence-corrected chi connectivity index (χ0v) is 12.5. The Kier molecular flexibility index (Phi) is 4.17. The molecule has 0 N–H and O–H groups in total. The number of hydrogen-bond donors (Lipinski definition) is 0. The highest BCUT2D eigenvalue weighted by atomic mass is 79.9. The lowest BCUT2D eigenvalue weighted by Crippen LogP contribution is -2.08. The van der Waals surface area contributed by atoms with E-state index in [4.69, 9.17) is 0 Å². The Bertz CT molecular complexity index is 605. The van der Waals surface area contributed by atoms with Crippen molar-refractivity contribution in [2.45, 2.75) is 26.6 Å². The summed E-state index contributed by atoms with van der Waals surface area (Å²) in [6, 6.07) is 3.51. The monoisotopic (exact) mass is 347 g/mol. The van der Waals surface area contributed by atoms with Crippen LogP contribution in [0.15, 0.2) is 29.0 Å². The van der Waals surface area contributed by atoms with Gasteiger partial charge in [0.1, 0.15) is 6.33 Å². The molecule has 0 radical (unpaired) electrons. The number of benzene rings is 1. The second-order valence-corrected chi connectivity index (χ2v) is 5.75. The van der Waals surface area contributed by atoms with E-state index in [2.05, 4.69) is 26.1 Å². The van der Waals surface area contributed by atoms with Gasteiger partial charge in [0.15, 0.2) is 5.82 Å². The van der Waals surface area contributed by atoms with Gasteiger partial charge in [0.2, 0.25) is 0 Å². The first-order chi connectivity index (χ1) is 9.29. The maximum Gasteiger partial charge on any atom is 0.416 e. The SMILES string of the molecule is CC(C)Cn1cnnc1-c1cc(C(F)(F)F)ccc1Br. The predicted octanol–water partition coefficient (Wildman–Crippen LogP) is 4.38. The van der Waals surface area contributed by atoms with E-state index in [-0.39, 0.29) is 0 Å². The van der Waals surface area contributed by atoms with E-state index in [1.165, 1.54) is 12.4 Å². The minimum atomic E-state index is -4.38. The summed E-state index contributed by atoms with van der Waals surface area (Å²) < 4.78 is 40.7. The second kappa shape index (κ2) is 5.55. The molecule has 2 aromatic rings. The quantitative estimate of drug-likeness (QED) is 0.824. The summed E-state index contributed by atoms with van der Waals surface area (Å²) in [6.45, 7) is 4.68. The van der Waals surface area contributed by atoms with Gasteiger partial charge in [-0.25, -0.2) is 0 Å². The van der Waals surface area contributed by atoms with Gasteiger partial charge in [0.05, 0.1) is 5.56 Å². The van der Waals surface area contributed by atoms with Crippen molar-refractivity contribution in [3.63, 3.8) is 0 Å². The van der Waals surface area contributed by atoms with Crippen LogP contribution in [0.4, 0.5) is 13.2 Å². The van der Waals surface area contributed by atoms with Gasteiger partial charge < -0.3 is 4.57 Å². The molecule has 2 rings (SSSR count). The molecule has 0 aliphatic rings. The standard InChI is InChI=1S/C13H13BrF3N3/c1-8(2)6-20-7-18-19-12(20)10-5-9(13(15,16)17)3-4-11(10)14/h3-5,7-8H,6H2,1-2H3. The summed E-state index contributed by atoms with van der Waals surface area (Å²) in [5.74, 6) is 0.769. The molecule has 0 spiro atoms. The molecule has 0 aliphatic heterocycles. The molecule has 0 saturated carbocycles. The van der Waals surface area contributed by atoms with Crippen molar-refractivity contribution < 1.29 is 13.2 Å². The van der Waals surface area contributed by atoms with Gasteiger partial charge in [0, 0.05) is 16.6 Å². The van der Waals surface area contributed by atoms with Gasteiger partial charge in [-0.2, -0.15) is 13.2 Å². The van der Waals surface area contributed by atoms with E-state index in [0.29, 0.717) is 28.3 Å². The summed E-state index contributed by atoms with van der Waals surface area (Å²) >= 11 is 3.27. The zero-order chi connectivity index (χ0) is 14.9. The summed E-state index contributed by atoms with van der Waals surface area (Å²) in [6.07, 6.45) is -2.85. The third-order valence-corrected chi connectivity index (χ3v) is 3.40. The molecule has 108 valence electrons. The lowest BCUT2D eigenvalue weighted by molar-refractivity contribution is -0.137. The third kappa shape index (κ3) is 3.20. The summed E-state index contributed by atoms with van der Waals surface area (Å²) in [7, 11) is 0. The van der Waals surface area contributed by atoms with E-state index < -0.39 is 11.7 Å². The molecule has 0 amide bonds. The van der Waals surface area contributed by atoms with Gasteiger partial charge in [-0.1, -0.05) is 29.8 Å². The van der Waals surface area contributed by atoms with Crippen molar-refractivity contribution in [3.8, 4) is 11.4 Å². The Balaban J connectivity index is 2.50. The second-order valence-electron chi connectivity index (χ2n) is 4.89. The molecule has 20 heavy (non-hydrogen) atoms. The Hall–Kier alpha value is -1.37. The van der Waals surface area contributed by atoms with Gasteiger partial charge >= 0.3 is 6.18 Å². The van der Waals surface area contributed by atoms with Crippen LogP contribution in [-0.2, 0) is 12.7 Å². The predicted molar refractivity (Wildman–Crippen MR) is 73.0 cm³/mol. The molecule has 3 nitrogen and oxygen atoms in total. The van der Waals surface area contributed by atoms with Gasteiger partial charge in [0.25, 0.3) is 0 Å². The lowest BCUT2D eigenvalue weighted by atomic mass is 10.1. The molecule has 0 unspecified atom stereocenters. The minimum Gasteiger partial charge on any atom is -0.313 e. The van der Waals surface area contributed by atoms with Crippen LogP contribution in [0.5, 0.6) is 0 Å². The molecular weight excluding hydrogens is 335 g/mol. The van der Waals surface area contributed by atoms with Gasteiger partial charge in [-0.3, -0.25) is 0 Å². The largest absolute Gasteiger partial charge is 0.416 e. The molecule has 7 heteroatoms. The average Bonchev–Trinajstić information content (AvgIpc) is 2.75. The van der Waals surface area contributed by atoms with Crippen molar-refractivity contribution in [3.05, 3.63) is 34.6 Å². The average molecular weight is 348 g/mol. The van der Waals surface area contributed by atoms with Crippen molar-refractivity contribution in [1.29, 1.82) is 0 Å². The lowest BCUT2D eigenvalue weighted by Gasteiger charge is -2.12. The normalized spacial score (nSPS) is 12.2. The Morgan fingerprint density at radius 2 is 2.00 bits per heavy atom. The number of aromatic nitrogens is 3. The van der Waals surface area contributed by atoms with Crippen LogP contribution in [0.25, 0.3) is 11.4 Å². The number of nitrogens with zero attached hydrogens (tertiary/aromatic N) is 3. The first-order valence-electron chi connectivity index (χ1n) is 6.04. The van der Waals surface area contributed by atoms with E-state index in [1.54, 1.807) is 4.57 Å². The molecule has 0 aliphatic carbocycles.